The standard InChI is InChI=1S/C19H15ClN2O3S/c20-14-5-1-11(2-6-14)13-9-16(18(21)17(10-13)19(22)23)12-3-7-15(8-4-12)26(24)25/h1-7,9-10H,8,21H2,(H2,22,23). The van der Waals surface area contributed by atoms with Gasteiger partial charge in [-0.1, -0.05) is 35.9 Å². The van der Waals surface area contributed by atoms with Gasteiger partial charge in [0.25, 0.3) is 5.91 Å². The van der Waals surface area contributed by atoms with Gasteiger partial charge in [-0.3, -0.25) is 4.79 Å². The van der Waals surface area contributed by atoms with Crippen molar-refractivity contribution in [3.05, 3.63) is 70.8 Å². The highest BCUT2D eigenvalue weighted by Gasteiger charge is 2.16. The molecule has 7 heteroatoms. The van der Waals surface area contributed by atoms with Crippen LogP contribution >= 0.6 is 11.6 Å². The second-order valence-corrected chi connectivity index (χ2v) is 7.18. The molecule has 0 heterocycles. The van der Waals surface area contributed by atoms with Crippen LogP contribution in [0.15, 0.2) is 54.6 Å². The first-order valence-electron chi connectivity index (χ1n) is 7.70. The van der Waals surface area contributed by atoms with Gasteiger partial charge in [-0.25, -0.2) is 0 Å². The number of primary amides is 1. The van der Waals surface area contributed by atoms with Gasteiger partial charge in [0.15, 0.2) is 0 Å². The van der Waals surface area contributed by atoms with Gasteiger partial charge in [0.2, 0.25) is 10.3 Å². The fourth-order valence-corrected chi connectivity index (χ4v) is 3.28. The molecule has 2 aromatic rings. The molecule has 0 aliphatic heterocycles. The molecule has 1 aliphatic rings. The lowest BCUT2D eigenvalue weighted by molar-refractivity contribution is 0.100. The summed E-state index contributed by atoms with van der Waals surface area (Å²) in [5.74, 6) is -0.632. The zero-order chi connectivity index (χ0) is 18.8. The highest BCUT2D eigenvalue weighted by atomic mass is 35.5. The van der Waals surface area contributed by atoms with Crippen molar-refractivity contribution in [1.29, 1.82) is 0 Å². The van der Waals surface area contributed by atoms with Crippen LogP contribution in [0.1, 0.15) is 22.3 Å². The van der Waals surface area contributed by atoms with Gasteiger partial charge >= 0.3 is 0 Å². The third kappa shape index (κ3) is 3.56. The first-order chi connectivity index (χ1) is 12.4. The molecular weight excluding hydrogens is 372 g/mol. The minimum Gasteiger partial charge on any atom is -0.398 e. The molecule has 1 aliphatic carbocycles. The van der Waals surface area contributed by atoms with E-state index in [1.165, 1.54) is 6.08 Å². The van der Waals surface area contributed by atoms with E-state index in [0.717, 1.165) is 16.7 Å². The molecular formula is C19H15ClN2O3S. The zero-order valence-electron chi connectivity index (χ0n) is 13.6. The Bertz CT molecular complexity index is 1090. The number of carbonyl (C=O) groups is 1. The van der Waals surface area contributed by atoms with E-state index in [9.17, 15) is 13.2 Å². The molecule has 3 rings (SSSR count). The number of nitrogens with two attached hydrogens (primary N) is 2. The summed E-state index contributed by atoms with van der Waals surface area (Å²) in [5, 5.41) is 0.603. The lowest BCUT2D eigenvalue weighted by Gasteiger charge is -2.15. The Morgan fingerprint density at radius 2 is 1.73 bits per heavy atom. The molecule has 0 saturated carbocycles. The Balaban J connectivity index is 2.16. The van der Waals surface area contributed by atoms with E-state index in [1.54, 1.807) is 30.4 Å². The van der Waals surface area contributed by atoms with Crippen LogP contribution in [0.25, 0.3) is 16.7 Å². The van der Waals surface area contributed by atoms with Crippen LogP contribution in [0.5, 0.6) is 0 Å². The monoisotopic (exact) mass is 386 g/mol. The smallest absolute Gasteiger partial charge is 0.250 e. The molecule has 0 atom stereocenters. The molecule has 0 saturated heterocycles. The fourth-order valence-electron chi connectivity index (χ4n) is 2.76. The average molecular weight is 387 g/mol. The van der Waals surface area contributed by atoms with Crippen molar-refractivity contribution < 1.29 is 13.2 Å². The number of benzene rings is 2. The summed E-state index contributed by atoms with van der Waals surface area (Å²) < 4.78 is 22.1. The van der Waals surface area contributed by atoms with Crippen molar-refractivity contribution in [2.75, 3.05) is 5.73 Å². The van der Waals surface area contributed by atoms with E-state index in [-0.39, 0.29) is 22.5 Å². The lowest BCUT2D eigenvalue weighted by Crippen LogP contribution is -2.15. The average Bonchev–Trinajstić information content (AvgIpc) is 2.62. The summed E-state index contributed by atoms with van der Waals surface area (Å²) in [5.41, 5.74) is 15.1. The van der Waals surface area contributed by atoms with Gasteiger partial charge < -0.3 is 11.5 Å². The zero-order valence-corrected chi connectivity index (χ0v) is 15.1. The van der Waals surface area contributed by atoms with Crippen LogP contribution in [0.4, 0.5) is 5.69 Å². The molecule has 0 aromatic heterocycles. The van der Waals surface area contributed by atoms with Gasteiger partial charge in [-0.2, -0.15) is 8.42 Å². The summed E-state index contributed by atoms with van der Waals surface area (Å²) in [6.07, 6.45) is 5.21. The molecule has 4 N–H and O–H groups in total. The second kappa shape index (κ2) is 7.19. The normalized spacial score (nSPS) is 13.4. The Labute approximate surface area is 157 Å². The maximum absolute atomic E-state index is 11.8. The molecule has 0 radical (unpaired) electrons. The molecule has 0 bridgehead atoms. The summed E-state index contributed by atoms with van der Waals surface area (Å²) in [6, 6.07) is 10.7. The Morgan fingerprint density at radius 3 is 2.27 bits per heavy atom. The minimum atomic E-state index is -2.26. The van der Waals surface area contributed by atoms with Crippen LogP contribution in [-0.4, -0.2) is 19.2 Å². The quantitative estimate of drug-likeness (QED) is 0.624. The topological polar surface area (TPSA) is 103 Å². The number of carbonyl (C=O) groups excluding carboxylic acids is 1. The van der Waals surface area contributed by atoms with Gasteiger partial charge in [-0.15, -0.1) is 0 Å². The fraction of sp³-hybridized carbons (Fsp3) is 0.0526. The summed E-state index contributed by atoms with van der Waals surface area (Å²) in [7, 11) is -2.26. The first kappa shape index (κ1) is 18.0. The SMILES string of the molecule is NC(=O)c1cc(-c2ccc(Cl)cc2)cc(C2=CCC(=S(=O)=O)C=C2)c1N. The predicted octanol–water partition coefficient (Wildman–Crippen LogP) is 3.08. The second-order valence-electron chi connectivity index (χ2n) is 5.75. The maximum Gasteiger partial charge on any atom is 0.250 e. The van der Waals surface area contributed by atoms with Crippen molar-refractivity contribution in [1.82, 2.24) is 0 Å². The molecule has 132 valence electrons. The Morgan fingerprint density at radius 1 is 1.04 bits per heavy atom. The van der Waals surface area contributed by atoms with E-state index >= 15 is 0 Å². The number of anilines is 1. The minimum absolute atomic E-state index is 0.212. The number of rotatable bonds is 3. The largest absolute Gasteiger partial charge is 0.398 e. The van der Waals surface area contributed by atoms with Gasteiger partial charge in [0.1, 0.15) is 0 Å². The van der Waals surface area contributed by atoms with Crippen molar-refractivity contribution >= 4 is 43.9 Å². The highest BCUT2D eigenvalue weighted by molar-refractivity contribution is 7.73. The van der Waals surface area contributed by atoms with E-state index in [0.29, 0.717) is 10.6 Å². The molecule has 1 amide bonds. The van der Waals surface area contributed by atoms with Gasteiger partial charge in [-0.05, 0) is 47.0 Å². The Hall–Kier alpha value is -2.83. The Kier molecular flexibility index (Phi) is 4.97. The third-order valence-corrected chi connectivity index (χ3v) is 5.10. The van der Waals surface area contributed by atoms with Gasteiger partial charge in [0, 0.05) is 17.0 Å². The van der Waals surface area contributed by atoms with Crippen molar-refractivity contribution in [3.8, 4) is 11.1 Å². The lowest BCUT2D eigenvalue weighted by atomic mass is 9.91. The maximum atomic E-state index is 11.8. The van der Waals surface area contributed by atoms with Crippen LogP contribution in [0.2, 0.25) is 5.02 Å². The number of halogens is 1. The van der Waals surface area contributed by atoms with E-state index < -0.39 is 16.2 Å². The van der Waals surface area contributed by atoms with E-state index in [2.05, 4.69) is 0 Å². The summed E-state index contributed by atoms with van der Waals surface area (Å²) >= 11 is 5.93. The van der Waals surface area contributed by atoms with Crippen molar-refractivity contribution in [2.45, 2.75) is 6.42 Å². The number of allylic oxidation sites excluding steroid dienone is 4. The van der Waals surface area contributed by atoms with Crippen LogP contribution in [0.3, 0.4) is 0 Å². The van der Waals surface area contributed by atoms with Crippen molar-refractivity contribution in [2.24, 2.45) is 5.73 Å². The molecule has 0 spiro atoms. The number of hydrogen-bond donors (Lipinski definition) is 2. The molecule has 2 aromatic carbocycles. The molecule has 0 fully saturated rings. The first-order valence-corrected chi connectivity index (χ1v) is 9.15. The van der Waals surface area contributed by atoms with E-state index in [1.807, 2.05) is 18.2 Å². The summed E-state index contributed by atoms with van der Waals surface area (Å²) in [6.45, 7) is 0. The third-order valence-electron chi connectivity index (χ3n) is 4.12. The molecule has 5 nitrogen and oxygen atoms in total. The number of amides is 1. The number of nitrogen functional groups attached to an aromatic ring is 1. The van der Waals surface area contributed by atoms with Gasteiger partial charge in [0.05, 0.1) is 16.1 Å². The highest BCUT2D eigenvalue weighted by Crippen LogP contribution is 2.33. The van der Waals surface area contributed by atoms with Crippen LogP contribution in [-0.2, 0) is 10.3 Å². The number of hydrogen-bond acceptors (Lipinski definition) is 4. The van der Waals surface area contributed by atoms with Crippen LogP contribution in [0, 0.1) is 0 Å². The molecule has 0 unspecified atom stereocenters. The predicted molar refractivity (Wildman–Crippen MR) is 105 cm³/mol. The molecule has 26 heavy (non-hydrogen) atoms. The van der Waals surface area contributed by atoms with E-state index in [4.69, 9.17) is 23.1 Å². The summed E-state index contributed by atoms with van der Waals surface area (Å²) in [4.78, 5) is 12.1. The van der Waals surface area contributed by atoms with Crippen molar-refractivity contribution in [3.63, 3.8) is 0 Å². The van der Waals surface area contributed by atoms with Crippen LogP contribution < -0.4 is 11.5 Å².